The zero-order valence-electron chi connectivity index (χ0n) is 36.8. The fourth-order valence-corrected chi connectivity index (χ4v) is 7.98. The van der Waals surface area contributed by atoms with Crippen LogP contribution in [-0.4, -0.2) is 0 Å². The highest BCUT2D eigenvalue weighted by Crippen LogP contribution is 2.39. The van der Waals surface area contributed by atoms with E-state index in [9.17, 15) is 0 Å². The van der Waals surface area contributed by atoms with Gasteiger partial charge in [0.1, 0.15) is 0 Å². The van der Waals surface area contributed by atoms with Gasteiger partial charge in [-0.2, -0.15) is 0 Å². The molecule has 0 unspecified atom stereocenters. The van der Waals surface area contributed by atoms with E-state index in [0.29, 0.717) is 0 Å². The molecule has 66 heavy (non-hydrogen) atoms. The molecule has 316 valence electrons. The van der Waals surface area contributed by atoms with Crippen molar-refractivity contribution in [3.8, 4) is 33.4 Å². The van der Waals surface area contributed by atoms with Crippen LogP contribution in [0.5, 0.6) is 0 Å². The third-order valence-corrected chi connectivity index (χ3v) is 11.4. The predicted molar refractivity (Wildman–Crippen MR) is 283 cm³/mol. The lowest BCUT2D eigenvalue weighted by Crippen LogP contribution is -2.10. The molecule has 0 spiro atoms. The van der Waals surface area contributed by atoms with Crippen LogP contribution in [0.25, 0.3) is 45.5 Å². The van der Waals surface area contributed by atoms with Gasteiger partial charge in [-0.1, -0.05) is 231 Å². The molecule has 2 heteroatoms. The number of benzene rings is 10. The van der Waals surface area contributed by atoms with Gasteiger partial charge in [-0.3, -0.25) is 0 Å². The predicted octanol–water partition coefficient (Wildman–Crippen LogP) is 18.0. The van der Waals surface area contributed by atoms with E-state index in [2.05, 4.69) is 277 Å². The van der Waals surface area contributed by atoms with Gasteiger partial charge < -0.3 is 9.80 Å². The molecule has 0 saturated carbocycles. The highest BCUT2D eigenvalue weighted by Gasteiger charge is 2.15. The van der Waals surface area contributed by atoms with Crippen LogP contribution in [0.3, 0.4) is 0 Å². The van der Waals surface area contributed by atoms with E-state index < -0.39 is 0 Å². The van der Waals surface area contributed by atoms with Gasteiger partial charge in [0.2, 0.25) is 0 Å². The Kier molecular flexibility index (Phi) is 13.9. The van der Waals surface area contributed by atoms with E-state index in [-0.39, 0.29) is 0 Å². The van der Waals surface area contributed by atoms with Crippen LogP contribution in [-0.2, 0) is 0 Å². The fourth-order valence-electron chi connectivity index (χ4n) is 7.98. The van der Waals surface area contributed by atoms with Crippen LogP contribution in [0.2, 0.25) is 0 Å². The van der Waals surface area contributed by atoms with Gasteiger partial charge in [-0.15, -0.1) is 0 Å². The van der Waals surface area contributed by atoms with E-state index in [1.807, 2.05) is 36.4 Å². The average molecular weight is 847 g/mol. The summed E-state index contributed by atoms with van der Waals surface area (Å²) in [7, 11) is 0. The standard InChI is InChI=1S/C48H36N2.C16H14/c1-5-13-37(14-6-1)39-21-29-45(30-22-39)49(43-17-9-3-10-18-43)47-33-25-41(26-34-47)42-27-35-48(36-28-42)50(44-19-11-4-12-20-44)46-31-23-40(24-32-46)38-15-7-2-8-16-38;1-3-9-15(10-4-1)13-7-8-14-16-11-5-2-6-12-16/h1-36H;1-14H/b;13-7+,14-8+. The van der Waals surface area contributed by atoms with Crippen molar-refractivity contribution in [2.24, 2.45) is 0 Å². The van der Waals surface area contributed by atoms with E-state index in [0.717, 1.165) is 34.1 Å². The Hall–Kier alpha value is -8.72. The molecular formula is C64H50N2. The molecule has 0 heterocycles. The van der Waals surface area contributed by atoms with Gasteiger partial charge in [-0.05, 0) is 117 Å². The normalized spacial score (nSPS) is 10.9. The van der Waals surface area contributed by atoms with Crippen molar-refractivity contribution in [2.75, 3.05) is 9.80 Å². The lowest BCUT2D eigenvalue weighted by molar-refractivity contribution is 1.28. The van der Waals surface area contributed by atoms with Crippen molar-refractivity contribution in [1.29, 1.82) is 0 Å². The van der Waals surface area contributed by atoms with Crippen LogP contribution in [0.15, 0.2) is 291 Å². The smallest absolute Gasteiger partial charge is 0.0462 e. The van der Waals surface area contributed by atoms with Crippen LogP contribution in [0, 0.1) is 0 Å². The minimum absolute atomic E-state index is 1.11. The number of rotatable bonds is 12. The number of allylic oxidation sites excluding steroid dienone is 2. The van der Waals surface area contributed by atoms with Gasteiger partial charge >= 0.3 is 0 Å². The Bertz CT molecular complexity index is 2830. The minimum Gasteiger partial charge on any atom is -0.311 e. The summed E-state index contributed by atoms with van der Waals surface area (Å²) in [6.07, 6.45) is 8.31. The summed E-state index contributed by atoms with van der Waals surface area (Å²) >= 11 is 0. The summed E-state index contributed by atoms with van der Waals surface area (Å²) in [6, 6.07) is 98.1. The molecule has 2 nitrogen and oxygen atoms in total. The molecule has 0 aliphatic heterocycles. The summed E-state index contributed by atoms with van der Waals surface area (Å²) in [5.41, 5.74) is 16.3. The van der Waals surface area contributed by atoms with E-state index >= 15 is 0 Å². The molecule has 0 bridgehead atoms. The molecular weight excluding hydrogens is 797 g/mol. The topological polar surface area (TPSA) is 6.48 Å². The molecule has 0 aliphatic carbocycles. The molecule has 10 rings (SSSR count). The van der Waals surface area contributed by atoms with Crippen molar-refractivity contribution in [3.05, 3.63) is 302 Å². The largest absolute Gasteiger partial charge is 0.311 e. The second-order valence-corrected chi connectivity index (χ2v) is 15.8. The number of hydrogen-bond acceptors (Lipinski definition) is 2. The molecule has 10 aromatic carbocycles. The van der Waals surface area contributed by atoms with E-state index in [1.54, 1.807) is 0 Å². The van der Waals surface area contributed by atoms with E-state index in [1.165, 1.54) is 44.5 Å². The Labute approximate surface area is 390 Å². The highest BCUT2D eigenvalue weighted by molar-refractivity contribution is 5.82. The summed E-state index contributed by atoms with van der Waals surface area (Å²) in [4.78, 5) is 4.62. The average Bonchev–Trinajstić information content (AvgIpc) is 3.41. The maximum absolute atomic E-state index is 2.31. The zero-order valence-corrected chi connectivity index (χ0v) is 36.8. The quantitative estimate of drug-likeness (QED) is 0.113. The number of anilines is 6. The number of para-hydroxylation sites is 2. The van der Waals surface area contributed by atoms with Crippen molar-refractivity contribution in [2.45, 2.75) is 0 Å². The second kappa shape index (κ2) is 21.6. The summed E-state index contributed by atoms with van der Waals surface area (Å²) in [5.74, 6) is 0. The van der Waals surface area contributed by atoms with Gasteiger partial charge in [0.15, 0.2) is 0 Å². The molecule has 10 aromatic rings. The Morgan fingerprint density at radius 1 is 0.182 bits per heavy atom. The maximum Gasteiger partial charge on any atom is 0.0462 e. The highest BCUT2D eigenvalue weighted by atomic mass is 15.1. The molecule has 0 atom stereocenters. The van der Waals surface area contributed by atoms with Gasteiger partial charge in [0.25, 0.3) is 0 Å². The van der Waals surface area contributed by atoms with Crippen LogP contribution in [0.1, 0.15) is 11.1 Å². The molecule has 0 aromatic heterocycles. The van der Waals surface area contributed by atoms with E-state index in [4.69, 9.17) is 0 Å². The van der Waals surface area contributed by atoms with Crippen molar-refractivity contribution in [3.63, 3.8) is 0 Å². The lowest BCUT2D eigenvalue weighted by atomic mass is 10.0. The molecule has 0 saturated heterocycles. The first kappa shape index (κ1) is 42.6. The van der Waals surface area contributed by atoms with Crippen molar-refractivity contribution >= 4 is 46.3 Å². The molecule has 0 fully saturated rings. The third kappa shape index (κ3) is 10.9. The Morgan fingerprint density at radius 2 is 0.379 bits per heavy atom. The van der Waals surface area contributed by atoms with Gasteiger partial charge in [0, 0.05) is 34.1 Å². The zero-order chi connectivity index (χ0) is 44.6. The third-order valence-electron chi connectivity index (χ3n) is 11.4. The number of hydrogen-bond donors (Lipinski definition) is 0. The van der Waals surface area contributed by atoms with Crippen molar-refractivity contribution < 1.29 is 0 Å². The fraction of sp³-hybridized carbons (Fsp3) is 0. The van der Waals surface area contributed by atoms with Crippen molar-refractivity contribution in [1.82, 2.24) is 0 Å². The van der Waals surface area contributed by atoms with Crippen LogP contribution >= 0.6 is 0 Å². The summed E-state index contributed by atoms with van der Waals surface area (Å²) in [6.45, 7) is 0. The SMILES string of the molecule is C(/C=C/c1ccccc1)=C\c1ccccc1.c1ccc(-c2ccc(N(c3ccccc3)c3ccc(-c4ccc(N(c5ccccc5)c5ccc(-c6ccccc6)cc5)cc4)cc3)cc2)cc1. The maximum atomic E-state index is 2.31. The Morgan fingerprint density at radius 3 is 0.636 bits per heavy atom. The second-order valence-electron chi connectivity index (χ2n) is 15.8. The molecule has 0 aliphatic rings. The Balaban J connectivity index is 0.000000289. The monoisotopic (exact) mass is 846 g/mol. The van der Waals surface area contributed by atoms with Gasteiger partial charge in [0.05, 0.1) is 0 Å². The first-order valence-electron chi connectivity index (χ1n) is 22.4. The minimum atomic E-state index is 1.11. The molecule has 0 amide bonds. The molecule has 0 N–H and O–H groups in total. The lowest BCUT2D eigenvalue weighted by Gasteiger charge is -2.26. The van der Waals surface area contributed by atoms with Gasteiger partial charge in [-0.25, -0.2) is 0 Å². The summed E-state index contributed by atoms with van der Waals surface area (Å²) in [5, 5.41) is 0. The van der Waals surface area contributed by atoms with Crippen LogP contribution < -0.4 is 9.80 Å². The number of nitrogens with zero attached hydrogens (tertiary/aromatic N) is 2. The first-order valence-corrected chi connectivity index (χ1v) is 22.4. The summed E-state index contributed by atoms with van der Waals surface area (Å²) < 4.78 is 0. The first-order chi connectivity index (χ1) is 32.7. The van der Waals surface area contributed by atoms with Crippen LogP contribution in [0.4, 0.5) is 34.1 Å². The molecule has 0 radical (unpaired) electrons.